The van der Waals surface area contributed by atoms with Crippen LogP contribution in [0.4, 0.5) is 0 Å². The lowest BCUT2D eigenvalue weighted by molar-refractivity contribution is -0.146. The number of carbonyl (C=O) groups is 2. The highest BCUT2D eigenvalue weighted by Gasteiger charge is 2.56. The van der Waals surface area contributed by atoms with Gasteiger partial charge in [0.05, 0.1) is 25.0 Å². The van der Waals surface area contributed by atoms with E-state index < -0.39 is 0 Å². The summed E-state index contributed by atoms with van der Waals surface area (Å²) in [5, 5.41) is 0. The number of methoxy groups -OCH3 is 2. The topological polar surface area (TPSA) is 52.6 Å². The third-order valence-electron chi connectivity index (χ3n) is 4.79. The van der Waals surface area contributed by atoms with Gasteiger partial charge in [-0.2, -0.15) is 0 Å². The monoisotopic (exact) mass is 308 g/mol. The molecule has 0 aromatic heterocycles. The van der Waals surface area contributed by atoms with E-state index in [9.17, 15) is 9.59 Å². The van der Waals surface area contributed by atoms with Gasteiger partial charge in [-0.3, -0.25) is 9.59 Å². The second kappa shape index (κ2) is 7.12. The molecule has 4 nitrogen and oxygen atoms in total. The van der Waals surface area contributed by atoms with Gasteiger partial charge in [-0.05, 0) is 38.5 Å². The van der Waals surface area contributed by atoms with Gasteiger partial charge in [0.2, 0.25) is 0 Å². The van der Waals surface area contributed by atoms with Crippen molar-refractivity contribution in [3.05, 3.63) is 24.3 Å². The summed E-state index contributed by atoms with van der Waals surface area (Å²) in [4.78, 5) is 22.4. The van der Waals surface area contributed by atoms with Gasteiger partial charge in [-0.1, -0.05) is 38.2 Å². The molecule has 0 bridgehead atoms. The standard InChI is InChI=1S/2C9H14O2/c2*1-4-5-9(6-7(9)2)8(10)11-3/h2*4-5,7H,6H2,1-3H3/b2*5-4+/t2*7-,9-/m10/s1. The molecule has 2 aliphatic carbocycles. The average molecular weight is 308 g/mol. The molecule has 2 fully saturated rings. The molecule has 0 N–H and O–H groups in total. The van der Waals surface area contributed by atoms with E-state index in [4.69, 9.17) is 9.47 Å². The van der Waals surface area contributed by atoms with Crippen LogP contribution in [-0.2, 0) is 19.1 Å². The summed E-state index contributed by atoms with van der Waals surface area (Å²) in [7, 11) is 2.89. The predicted molar refractivity (Wildman–Crippen MR) is 86.1 cm³/mol. The molecule has 0 heterocycles. The Morgan fingerprint density at radius 3 is 1.27 bits per heavy atom. The molecule has 0 radical (unpaired) electrons. The van der Waals surface area contributed by atoms with Gasteiger partial charge in [0.15, 0.2) is 0 Å². The van der Waals surface area contributed by atoms with E-state index in [0.29, 0.717) is 11.8 Å². The summed E-state index contributed by atoms with van der Waals surface area (Å²) in [6.45, 7) is 7.99. The molecule has 2 saturated carbocycles. The molecule has 4 heteroatoms. The number of rotatable bonds is 4. The Kier molecular flexibility index (Phi) is 5.98. The normalized spacial score (nSPS) is 35.7. The fourth-order valence-corrected chi connectivity index (χ4v) is 3.04. The van der Waals surface area contributed by atoms with Crippen molar-refractivity contribution < 1.29 is 19.1 Å². The SMILES string of the molecule is C/C=C/[C@@]1(C(=O)OC)C[C@H]1C.C/C=C/[C@]1(C(=O)OC)C[C@@H]1C. The van der Waals surface area contributed by atoms with Gasteiger partial charge in [0, 0.05) is 0 Å². The van der Waals surface area contributed by atoms with E-state index in [1.54, 1.807) is 0 Å². The average Bonchev–Trinajstić information content (AvgIpc) is 3.36. The highest BCUT2D eigenvalue weighted by molar-refractivity contribution is 5.83. The van der Waals surface area contributed by atoms with Gasteiger partial charge < -0.3 is 9.47 Å². The van der Waals surface area contributed by atoms with Gasteiger partial charge in [0.1, 0.15) is 0 Å². The third-order valence-corrected chi connectivity index (χ3v) is 4.79. The first-order valence-electron chi connectivity index (χ1n) is 7.79. The molecule has 0 aromatic carbocycles. The smallest absolute Gasteiger partial charge is 0.315 e. The number of allylic oxidation sites excluding steroid dienone is 2. The van der Waals surface area contributed by atoms with Crippen molar-refractivity contribution in [1.82, 2.24) is 0 Å². The van der Waals surface area contributed by atoms with Crippen molar-refractivity contribution in [2.24, 2.45) is 22.7 Å². The minimum Gasteiger partial charge on any atom is -0.468 e. The number of hydrogen-bond acceptors (Lipinski definition) is 4. The number of ether oxygens (including phenoxy) is 2. The Hall–Kier alpha value is -1.58. The van der Waals surface area contributed by atoms with Crippen LogP contribution in [0.2, 0.25) is 0 Å². The lowest BCUT2D eigenvalue weighted by atomic mass is 10.0. The minimum absolute atomic E-state index is 0.0944. The second-order valence-electron chi connectivity index (χ2n) is 6.27. The quantitative estimate of drug-likeness (QED) is 0.589. The number of hydrogen-bond donors (Lipinski definition) is 0. The molecule has 2 rings (SSSR count). The van der Waals surface area contributed by atoms with Gasteiger partial charge in [0.25, 0.3) is 0 Å². The van der Waals surface area contributed by atoms with E-state index in [0.717, 1.165) is 12.8 Å². The first kappa shape index (κ1) is 18.5. The summed E-state index contributed by atoms with van der Waals surface area (Å²) < 4.78 is 9.42. The molecule has 124 valence electrons. The van der Waals surface area contributed by atoms with E-state index in [1.807, 2.05) is 38.2 Å². The van der Waals surface area contributed by atoms with E-state index in [2.05, 4.69) is 13.8 Å². The van der Waals surface area contributed by atoms with Crippen molar-refractivity contribution in [3.8, 4) is 0 Å². The van der Waals surface area contributed by atoms with Crippen LogP contribution < -0.4 is 0 Å². The van der Waals surface area contributed by atoms with E-state index in [1.165, 1.54) is 14.2 Å². The van der Waals surface area contributed by atoms with Gasteiger partial charge in [-0.25, -0.2) is 0 Å². The summed E-state index contributed by atoms with van der Waals surface area (Å²) in [6, 6.07) is 0. The zero-order valence-corrected chi connectivity index (χ0v) is 14.5. The van der Waals surface area contributed by atoms with Gasteiger partial charge >= 0.3 is 11.9 Å². The maximum Gasteiger partial charge on any atom is 0.315 e. The lowest BCUT2D eigenvalue weighted by Crippen LogP contribution is -2.16. The number of esters is 2. The Labute approximate surface area is 133 Å². The van der Waals surface area contributed by atoms with Crippen LogP contribution in [-0.4, -0.2) is 26.2 Å². The Bertz CT molecular complexity index is 435. The van der Waals surface area contributed by atoms with E-state index in [-0.39, 0.29) is 22.8 Å². The molecule has 4 atom stereocenters. The molecule has 0 aliphatic heterocycles. The summed E-state index contributed by atoms with van der Waals surface area (Å²) in [5.41, 5.74) is -0.549. The largest absolute Gasteiger partial charge is 0.468 e. The van der Waals surface area contributed by atoms with Crippen molar-refractivity contribution in [1.29, 1.82) is 0 Å². The Morgan fingerprint density at radius 2 is 1.14 bits per heavy atom. The molecule has 0 amide bonds. The second-order valence-corrected chi connectivity index (χ2v) is 6.27. The number of carbonyl (C=O) groups excluding carboxylic acids is 2. The first-order chi connectivity index (χ1) is 10.3. The molecule has 0 spiro atoms. The zero-order valence-electron chi connectivity index (χ0n) is 14.5. The zero-order chi connectivity index (χ0) is 17.0. The van der Waals surface area contributed by atoms with Crippen LogP contribution in [0.1, 0.15) is 40.5 Å². The van der Waals surface area contributed by atoms with Crippen LogP contribution >= 0.6 is 0 Å². The molecular weight excluding hydrogens is 280 g/mol. The van der Waals surface area contributed by atoms with Gasteiger partial charge in [-0.15, -0.1) is 0 Å². The maximum atomic E-state index is 11.2. The molecule has 22 heavy (non-hydrogen) atoms. The van der Waals surface area contributed by atoms with Crippen LogP contribution in [0.25, 0.3) is 0 Å². The molecule has 0 unspecified atom stereocenters. The summed E-state index contributed by atoms with van der Waals surface area (Å²) in [6.07, 6.45) is 9.60. The minimum atomic E-state index is -0.274. The predicted octanol–water partition coefficient (Wildman–Crippen LogP) is 3.52. The van der Waals surface area contributed by atoms with Crippen LogP contribution in [0.3, 0.4) is 0 Å². The molecule has 2 aliphatic rings. The van der Waals surface area contributed by atoms with Crippen LogP contribution in [0.15, 0.2) is 24.3 Å². The summed E-state index contributed by atoms with van der Waals surface area (Å²) >= 11 is 0. The Morgan fingerprint density at radius 1 is 0.864 bits per heavy atom. The fourth-order valence-electron chi connectivity index (χ4n) is 3.04. The van der Waals surface area contributed by atoms with Crippen molar-refractivity contribution in [2.75, 3.05) is 14.2 Å². The highest BCUT2D eigenvalue weighted by atomic mass is 16.5. The van der Waals surface area contributed by atoms with Crippen molar-refractivity contribution >= 4 is 11.9 Å². The molecule has 0 aromatic rings. The van der Waals surface area contributed by atoms with Crippen molar-refractivity contribution in [2.45, 2.75) is 40.5 Å². The third kappa shape index (κ3) is 3.42. The van der Waals surface area contributed by atoms with E-state index >= 15 is 0 Å². The van der Waals surface area contributed by atoms with Crippen LogP contribution in [0.5, 0.6) is 0 Å². The molecular formula is C18H28O4. The summed E-state index contributed by atoms with van der Waals surface area (Å²) in [5.74, 6) is 0.712. The maximum absolute atomic E-state index is 11.2. The van der Waals surface area contributed by atoms with Crippen molar-refractivity contribution in [3.63, 3.8) is 0 Å². The first-order valence-corrected chi connectivity index (χ1v) is 7.79. The molecule has 0 saturated heterocycles. The highest BCUT2D eigenvalue weighted by Crippen LogP contribution is 2.54. The fraction of sp³-hybridized carbons (Fsp3) is 0.667. The lowest BCUT2D eigenvalue weighted by Gasteiger charge is -2.07. The van der Waals surface area contributed by atoms with Crippen LogP contribution in [0, 0.1) is 22.7 Å². The Balaban J connectivity index is 0.000000220.